The number of ether oxygens (including phenoxy) is 1. The minimum absolute atomic E-state index is 0. The zero-order valence-electron chi connectivity index (χ0n) is 82.1. The summed E-state index contributed by atoms with van der Waals surface area (Å²) in [6.07, 6.45) is 19.1. The van der Waals surface area contributed by atoms with E-state index in [1.54, 1.807) is 25.6 Å². The number of methoxy groups -OCH3 is 1. The number of aromatic carboxylic acids is 1. The molecule has 21 rings (SSSR count). The van der Waals surface area contributed by atoms with Gasteiger partial charge in [0, 0.05) is 186 Å². The van der Waals surface area contributed by atoms with Gasteiger partial charge in [0.2, 0.25) is 0 Å². The van der Waals surface area contributed by atoms with Crippen LogP contribution in [0.3, 0.4) is 0 Å². The van der Waals surface area contributed by atoms with Crippen LogP contribution in [0, 0.1) is 109 Å². The topological polar surface area (TPSA) is 221 Å². The second kappa shape index (κ2) is 58.8. The van der Waals surface area contributed by atoms with E-state index < -0.39 is 5.97 Å². The van der Waals surface area contributed by atoms with Gasteiger partial charge >= 0.3 is 5.97 Å². The molecule has 32 heteroatoms. The van der Waals surface area contributed by atoms with Gasteiger partial charge < -0.3 is 37.2 Å². The smallest absolute Gasteiger partial charge is 0.354 e. The summed E-state index contributed by atoms with van der Waals surface area (Å²) in [6.45, 7) is 22.0. The van der Waals surface area contributed by atoms with Crippen LogP contribution >= 0.6 is 112 Å². The predicted molar refractivity (Wildman–Crippen MR) is 592 cm³/mol. The van der Waals surface area contributed by atoms with Gasteiger partial charge in [0.05, 0.1) is 65.2 Å². The second-order valence-electron chi connectivity index (χ2n) is 32.9. The number of carbonyl (C=O) groups is 1. The van der Waals surface area contributed by atoms with Crippen molar-refractivity contribution in [1.29, 1.82) is 5.26 Å². The Balaban J connectivity index is 0.000000189. The van der Waals surface area contributed by atoms with Gasteiger partial charge in [-0.1, -0.05) is 120 Å². The number of nitriles is 1. The fourth-order valence-electron chi connectivity index (χ4n) is 16.5. The van der Waals surface area contributed by atoms with E-state index in [-0.39, 0.29) is 106 Å². The van der Waals surface area contributed by atoms with Crippen molar-refractivity contribution >= 4 is 117 Å². The molecule has 5 radical (unpaired) electrons. The zero-order chi connectivity index (χ0) is 101. The summed E-state index contributed by atoms with van der Waals surface area (Å²) < 4.78 is 25.7. The monoisotopic (exact) mass is 3290 g/mol. The normalized spacial score (nSPS) is 10.6. The fourth-order valence-corrected chi connectivity index (χ4v) is 19.3. The number of fused-ring (bicyclic) bond motifs is 3. The van der Waals surface area contributed by atoms with Crippen LogP contribution in [0.2, 0.25) is 0 Å². The summed E-state index contributed by atoms with van der Waals surface area (Å²) in [5.74, 6) is 6.12. The van der Waals surface area contributed by atoms with Gasteiger partial charge in [-0.3, -0.25) is 39.6 Å². The SMILES string of the molecule is CCc1cccc(CC)c1-n1cc(Br)nc1-c1[c-]cccc1.COc1c[c-]c2c(c1)CCCn1cc(Br)nc1-2.Cc1cc(C#N)cc(C)c1-n1cc(Br)nc1-c1[c-]cccc1.Cc1cccc(C)c1-n1cc(Br)nc1-c1[c-]cccc1.Cc1cccc(C)c1-n1cc(Br)nc1-c1[c-]cccc1.Cc1cccc(C)c1-n1ncnc1-c1[c-]ccc(Br)c1.Cn1cc(Br)nc1-c1[c-]cccc1.O=C(O)c1ccccn1.[Ir].[Ir].[Ir].[Ir].[Ir]. The molecule has 0 fully saturated rings. The van der Waals surface area contributed by atoms with Gasteiger partial charge in [-0.2, -0.15) is 10.4 Å². The molecule has 1 aliphatic heterocycles. The molecule has 1 aliphatic rings. The molecule has 0 saturated heterocycles. The fraction of sp³-hybridized carbons (Fsp3) is 0.147. The summed E-state index contributed by atoms with van der Waals surface area (Å²) in [7, 11) is 3.65. The first kappa shape index (κ1) is 121. The van der Waals surface area contributed by atoms with Crippen LogP contribution in [0.4, 0.5) is 0 Å². The molecule has 0 amide bonds. The zero-order valence-corrected chi connectivity index (χ0v) is 105. The predicted octanol–water partition coefficient (Wildman–Crippen LogP) is 29.9. The average Bonchev–Trinajstić information content (AvgIpc) is 1.63. The first-order valence-corrected chi connectivity index (χ1v) is 51.1. The summed E-state index contributed by atoms with van der Waals surface area (Å²) in [5, 5.41) is 21.8. The number of carboxylic acid groups (broad SMARTS) is 1. The van der Waals surface area contributed by atoms with E-state index in [1.807, 2.05) is 230 Å². The molecule has 12 aromatic carbocycles. The number of halogens is 7. The maximum atomic E-state index is 10.1. The first-order valence-electron chi connectivity index (χ1n) is 45.6. The number of benzene rings is 12. The van der Waals surface area contributed by atoms with Crippen LogP contribution in [0.15, 0.2) is 337 Å². The molecular formula is C116H97Br7Ir5N17O3-7. The Morgan fingerprint density at radius 1 is 0.399 bits per heavy atom. The molecule has 20 aromatic rings. The number of aromatic nitrogens is 16. The number of hydrogen-bond donors (Lipinski definition) is 1. The number of rotatable bonds is 15. The summed E-state index contributed by atoms with van der Waals surface area (Å²) in [5.41, 5.74) is 26.7. The van der Waals surface area contributed by atoms with Gasteiger partial charge in [-0.15, -0.1) is 239 Å². The summed E-state index contributed by atoms with van der Waals surface area (Å²) >= 11 is 24.2. The number of carboxylic acids is 1. The van der Waals surface area contributed by atoms with Gasteiger partial charge in [-0.05, 0) is 250 Å². The van der Waals surface area contributed by atoms with Crippen LogP contribution in [0.25, 0.3) is 108 Å². The first-order chi connectivity index (χ1) is 69.2. The Kier molecular flexibility index (Phi) is 48.1. The van der Waals surface area contributed by atoms with Crippen LogP contribution < -0.4 is 4.74 Å². The van der Waals surface area contributed by atoms with Gasteiger partial charge in [0.25, 0.3) is 0 Å². The summed E-state index contributed by atoms with van der Waals surface area (Å²) in [4.78, 5) is 45.3. The minimum atomic E-state index is -0.990. The van der Waals surface area contributed by atoms with Gasteiger partial charge in [0.15, 0.2) is 0 Å². The third-order valence-electron chi connectivity index (χ3n) is 22.9. The Morgan fingerprint density at radius 3 is 1.15 bits per heavy atom. The van der Waals surface area contributed by atoms with E-state index in [0.29, 0.717) is 5.56 Å². The van der Waals surface area contributed by atoms with E-state index in [9.17, 15) is 4.79 Å². The Hall–Kier alpha value is -10.4. The van der Waals surface area contributed by atoms with Crippen molar-refractivity contribution in [3.63, 3.8) is 0 Å². The number of aryl methyl sites for hydroxylation is 13. The van der Waals surface area contributed by atoms with E-state index in [0.717, 1.165) is 172 Å². The van der Waals surface area contributed by atoms with Crippen molar-refractivity contribution in [1.82, 2.24) is 77.1 Å². The Morgan fingerprint density at radius 2 is 0.777 bits per heavy atom. The molecule has 0 spiro atoms. The van der Waals surface area contributed by atoms with Crippen molar-refractivity contribution in [2.75, 3.05) is 7.11 Å². The van der Waals surface area contributed by atoms with E-state index in [2.05, 4.69) is 358 Å². The second-order valence-corrected chi connectivity index (χ2v) is 38.7. The van der Waals surface area contributed by atoms with Crippen molar-refractivity contribution < 1.29 is 115 Å². The van der Waals surface area contributed by atoms with E-state index in [4.69, 9.17) is 15.1 Å². The molecule has 9 heterocycles. The van der Waals surface area contributed by atoms with Crippen molar-refractivity contribution in [3.8, 4) is 120 Å². The minimum Gasteiger partial charge on any atom is -0.540 e. The Labute approximate surface area is 990 Å². The molecular weight excluding hydrogens is 3200 g/mol. The molecule has 148 heavy (non-hydrogen) atoms. The molecule has 0 atom stereocenters. The maximum Gasteiger partial charge on any atom is 0.354 e. The van der Waals surface area contributed by atoms with Crippen LogP contribution in [-0.4, -0.2) is 95.2 Å². The number of pyridine rings is 1. The van der Waals surface area contributed by atoms with E-state index in [1.165, 1.54) is 79.4 Å². The number of imidazole rings is 6. The van der Waals surface area contributed by atoms with Crippen molar-refractivity contribution in [2.24, 2.45) is 7.05 Å². The van der Waals surface area contributed by atoms with Gasteiger partial charge in [0.1, 0.15) is 39.6 Å². The molecule has 8 aromatic heterocycles. The molecule has 0 saturated carbocycles. The maximum absolute atomic E-state index is 10.1. The van der Waals surface area contributed by atoms with Crippen LogP contribution in [0.5, 0.6) is 5.75 Å². The quantitative estimate of drug-likeness (QED) is 0.0945. The van der Waals surface area contributed by atoms with Crippen LogP contribution in [-0.2, 0) is 133 Å². The number of hydrogen-bond acceptors (Lipinski definition) is 12. The molecule has 20 nitrogen and oxygen atoms in total. The average molecular weight is 3300 g/mol. The largest absolute Gasteiger partial charge is 0.540 e. The number of nitrogens with zero attached hydrogens (tertiary/aromatic N) is 17. The molecule has 765 valence electrons. The third kappa shape index (κ3) is 31.2. The molecule has 0 unspecified atom stereocenters. The van der Waals surface area contributed by atoms with Gasteiger partial charge in [-0.25, -0.2) is 9.78 Å². The van der Waals surface area contributed by atoms with E-state index >= 15 is 0 Å². The van der Waals surface area contributed by atoms with Crippen molar-refractivity contribution in [2.45, 2.75) is 101 Å². The van der Waals surface area contributed by atoms with Crippen LogP contribution in [0.1, 0.15) is 97.5 Å². The number of para-hydroxylation sites is 4. The molecule has 0 bridgehead atoms. The molecule has 0 aliphatic carbocycles. The summed E-state index contributed by atoms with van der Waals surface area (Å²) in [6, 6.07) is 108. The molecule has 1 N–H and O–H groups in total. The third-order valence-corrected chi connectivity index (χ3v) is 25.7. The van der Waals surface area contributed by atoms with Crippen molar-refractivity contribution in [3.05, 3.63) is 452 Å². The Bertz CT molecular complexity index is 7560. The standard InChI is InChI=1S/C19H18BrN2.C18H13BrN3.2C17H14BrN2.C16H13BrN3.C13H12BrN2O.C10H8BrN2.C6H5NO2.5Ir/c1-3-14-11-8-12-15(4-2)18(14)22-13-17(20)21-19(22)16-9-6-5-7-10-16;1-12-8-14(10-20)9-13(2)17(12)22-11-16(19)21-18(22)15-6-4-3-5-7-15;2*1-12-7-6-8-13(2)16(12)20-11-15(18)19-17(20)14-9-4-3-5-10-14;1-11-5-3-6-12(2)15(11)20-16(18-10-19-20)13-7-4-8-14(17)9-13;1-17-10-4-5-11-9(7-10)3-2-6-16-8-12(14)15-13(11)16;1-13-7-9(11)12-10(13)8-5-3-2-4-6-8;8-6(9)5-3-1-2-4-7-5;;;;;/h5-9,11-13H,3-4H2,1-2H3;3-6,8-9,11H,1-2H3;2*3-9,11H,1-2H3;3-6,8-10H,1-2H3;4,7-8H,2-3,6H2,1H3;2-5,7H,1H3;1-4H,(H,8,9);;;;;/q7*-1;;;;;;.